The lowest BCUT2D eigenvalue weighted by Gasteiger charge is -2.08. The van der Waals surface area contributed by atoms with Crippen molar-refractivity contribution in [2.75, 3.05) is 5.32 Å². The maximum Gasteiger partial charge on any atom is 0.226 e. The van der Waals surface area contributed by atoms with Crippen molar-refractivity contribution >= 4 is 33.4 Å². The molecule has 0 aliphatic rings. The summed E-state index contributed by atoms with van der Waals surface area (Å²) in [7, 11) is 0. The van der Waals surface area contributed by atoms with E-state index in [1.165, 1.54) is 12.1 Å². The first-order chi connectivity index (χ1) is 18.0. The summed E-state index contributed by atoms with van der Waals surface area (Å²) in [5.41, 5.74) is 7.04. The van der Waals surface area contributed by atoms with Crippen molar-refractivity contribution < 1.29 is 9.18 Å². The normalized spacial score (nSPS) is 11.5. The molecule has 0 atom stereocenters. The molecule has 0 fully saturated rings. The van der Waals surface area contributed by atoms with E-state index in [2.05, 4.69) is 35.5 Å². The first-order valence-electron chi connectivity index (χ1n) is 11.8. The number of fused-ring (bicyclic) bond motifs is 2. The summed E-state index contributed by atoms with van der Waals surface area (Å²) in [4.78, 5) is 28.7. The maximum atomic E-state index is 13.5. The van der Waals surface area contributed by atoms with E-state index < -0.39 is 0 Å². The van der Waals surface area contributed by atoms with Gasteiger partial charge in [0, 0.05) is 40.2 Å². The molecule has 6 aromatic rings. The summed E-state index contributed by atoms with van der Waals surface area (Å²) in [6.07, 6.45) is 8.59. The number of nitrogens with one attached hydrogen (secondary N) is 3. The third kappa shape index (κ3) is 4.20. The molecule has 1 amide bonds. The Bertz CT molecular complexity index is 1770. The molecule has 37 heavy (non-hydrogen) atoms. The lowest BCUT2D eigenvalue weighted by Crippen LogP contribution is -2.17. The molecule has 6 rings (SSSR count). The summed E-state index contributed by atoms with van der Waals surface area (Å²) in [6.45, 7) is 3.68. The highest BCUT2D eigenvalue weighted by molar-refractivity contribution is 6.01. The minimum absolute atomic E-state index is 0.0761. The Morgan fingerprint density at radius 3 is 2.51 bits per heavy atom. The van der Waals surface area contributed by atoms with Crippen molar-refractivity contribution in [1.29, 1.82) is 0 Å². The van der Waals surface area contributed by atoms with Gasteiger partial charge in [-0.1, -0.05) is 26.0 Å². The highest BCUT2D eigenvalue weighted by atomic mass is 19.1. The number of nitrogens with zero attached hydrogens (tertiary/aromatic N) is 4. The van der Waals surface area contributed by atoms with Gasteiger partial charge in [0.15, 0.2) is 0 Å². The van der Waals surface area contributed by atoms with E-state index in [1.54, 1.807) is 43.1 Å². The molecule has 9 heteroatoms. The number of anilines is 1. The first-order valence-corrected chi connectivity index (χ1v) is 11.8. The number of carbonyl (C=O) groups excluding carboxylic acids is 1. The van der Waals surface area contributed by atoms with E-state index in [0.717, 1.165) is 49.9 Å². The Kier molecular flexibility index (Phi) is 5.45. The lowest BCUT2D eigenvalue weighted by atomic mass is 10.0. The smallest absolute Gasteiger partial charge is 0.226 e. The van der Waals surface area contributed by atoms with Crippen LogP contribution in [-0.2, 0) is 4.79 Å². The predicted molar refractivity (Wildman–Crippen MR) is 141 cm³/mol. The van der Waals surface area contributed by atoms with Crippen LogP contribution in [0.4, 0.5) is 10.1 Å². The zero-order valence-corrected chi connectivity index (χ0v) is 20.1. The van der Waals surface area contributed by atoms with Gasteiger partial charge in [0.25, 0.3) is 0 Å². The molecule has 5 aromatic heterocycles. The fourth-order valence-electron chi connectivity index (χ4n) is 4.25. The SMILES string of the molecule is CC(C)C(=O)Nc1cncc(-c2cc3c(-c4cc5c(-c6ccc(F)cc6)cncc5[nH]4)n[nH]c3cn2)c1. The van der Waals surface area contributed by atoms with Crippen LogP contribution in [0, 0.1) is 11.7 Å². The Labute approximate surface area is 211 Å². The molecular formula is C28H22FN7O. The fourth-order valence-corrected chi connectivity index (χ4v) is 4.25. The second-order valence-corrected chi connectivity index (χ2v) is 9.13. The molecule has 0 bridgehead atoms. The zero-order chi connectivity index (χ0) is 25.5. The van der Waals surface area contributed by atoms with Crippen molar-refractivity contribution in [3.8, 4) is 33.8 Å². The van der Waals surface area contributed by atoms with Gasteiger partial charge in [0.05, 0.1) is 46.7 Å². The van der Waals surface area contributed by atoms with Crippen LogP contribution in [0.1, 0.15) is 13.8 Å². The van der Waals surface area contributed by atoms with Crippen LogP contribution in [0.25, 0.3) is 55.6 Å². The summed E-state index contributed by atoms with van der Waals surface area (Å²) >= 11 is 0. The Balaban J connectivity index is 1.41. The van der Waals surface area contributed by atoms with Crippen molar-refractivity contribution in [3.05, 3.63) is 79.3 Å². The van der Waals surface area contributed by atoms with Crippen LogP contribution < -0.4 is 5.32 Å². The second kappa shape index (κ2) is 8.94. The minimum atomic E-state index is -0.283. The van der Waals surface area contributed by atoms with Gasteiger partial charge >= 0.3 is 0 Å². The van der Waals surface area contributed by atoms with Crippen LogP contribution in [-0.4, -0.2) is 36.0 Å². The Hall–Kier alpha value is -4.92. The summed E-state index contributed by atoms with van der Waals surface area (Å²) in [6, 6.07) is 12.2. The molecule has 182 valence electrons. The monoisotopic (exact) mass is 491 g/mol. The van der Waals surface area contributed by atoms with Gasteiger partial charge in [0.1, 0.15) is 11.5 Å². The summed E-state index contributed by atoms with van der Waals surface area (Å²) in [5.74, 6) is -0.497. The molecule has 3 N–H and O–H groups in total. The zero-order valence-electron chi connectivity index (χ0n) is 20.1. The van der Waals surface area contributed by atoms with E-state index in [1.807, 2.05) is 32.0 Å². The lowest BCUT2D eigenvalue weighted by molar-refractivity contribution is -0.118. The van der Waals surface area contributed by atoms with Gasteiger partial charge < -0.3 is 10.3 Å². The predicted octanol–water partition coefficient (Wildman–Crippen LogP) is 5.96. The third-order valence-corrected chi connectivity index (χ3v) is 6.23. The van der Waals surface area contributed by atoms with E-state index in [9.17, 15) is 9.18 Å². The van der Waals surface area contributed by atoms with Crippen LogP contribution in [0.5, 0.6) is 0 Å². The molecule has 0 aliphatic carbocycles. The molecule has 0 spiro atoms. The van der Waals surface area contributed by atoms with Crippen molar-refractivity contribution in [2.45, 2.75) is 13.8 Å². The van der Waals surface area contributed by atoms with E-state index in [4.69, 9.17) is 0 Å². The molecule has 0 saturated heterocycles. The summed E-state index contributed by atoms with van der Waals surface area (Å²) in [5, 5.41) is 12.3. The third-order valence-electron chi connectivity index (χ3n) is 6.23. The topological polar surface area (TPSA) is 112 Å². The number of halogens is 1. The van der Waals surface area contributed by atoms with Gasteiger partial charge in [-0.3, -0.25) is 24.8 Å². The van der Waals surface area contributed by atoms with E-state index in [0.29, 0.717) is 11.4 Å². The van der Waals surface area contributed by atoms with Crippen LogP contribution >= 0.6 is 0 Å². The van der Waals surface area contributed by atoms with Crippen LogP contribution in [0.15, 0.2) is 73.4 Å². The largest absolute Gasteiger partial charge is 0.352 e. The Morgan fingerprint density at radius 2 is 1.70 bits per heavy atom. The number of amides is 1. The number of carbonyl (C=O) groups is 1. The van der Waals surface area contributed by atoms with Crippen LogP contribution in [0.3, 0.4) is 0 Å². The number of aromatic amines is 2. The number of hydrogen-bond donors (Lipinski definition) is 3. The molecule has 0 unspecified atom stereocenters. The molecular weight excluding hydrogens is 469 g/mol. The second-order valence-electron chi connectivity index (χ2n) is 9.13. The highest BCUT2D eigenvalue weighted by Gasteiger charge is 2.16. The van der Waals surface area contributed by atoms with Crippen molar-refractivity contribution in [3.63, 3.8) is 0 Å². The molecule has 1 aromatic carbocycles. The van der Waals surface area contributed by atoms with E-state index >= 15 is 0 Å². The van der Waals surface area contributed by atoms with Gasteiger partial charge in [0.2, 0.25) is 5.91 Å². The average Bonchev–Trinajstić information content (AvgIpc) is 3.53. The number of pyridine rings is 3. The average molecular weight is 492 g/mol. The summed E-state index contributed by atoms with van der Waals surface area (Å²) < 4.78 is 13.5. The maximum absolute atomic E-state index is 13.5. The molecule has 0 radical (unpaired) electrons. The van der Waals surface area contributed by atoms with Gasteiger partial charge in [-0.2, -0.15) is 5.10 Å². The number of aromatic nitrogens is 6. The minimum Gasteiger partial charge on any atom is -0.352 e. The molecule has 0 aliphatic heterocycles. The van der Waals surface area contributed by atoms with Crippen LogP contribution in [0.2, 0.25) is 0 Å². The van der Waals surface area contributed by atoms with Gasteiger partial charge in [-0.25, -0.2) is 4.39 Å². The van der Waals surface area contributed by atoms with Crippen molar-refractivity contribution in [2.24, 2.45) is 5.92 Å². The van der Waals surface area contributed by atoms with Gasteiger partial charge in [-0.15, -0.1) is 0 Å². The molecule has 5 heterocycles. The first kappa shape index (κ1) is 22.5. The molecule has 0 saturated carbocycles. The number of rotatable bonds is 5. The van der Waals surface area contributed by atoms with Gasteiger partial charge in [-0.05, 0) is 35.9 Å². The number of hydrogen-bond acceptors (Lipinski definition) is 5. The molecule has 8 nitrogen and oxygen atoms in total. The highest BCUT2D eigenvalue weighted by Crippen LogP contribution is 2.34. The van der Waals surface area contributed by atoms with E-state index in [-0.39, 0.29) is 17.6 Å². The standard InChI is InChI=1S/C28H22FN7O/c1-15(2)28(37)33-19-7-17(10-30-11-19)23-9-21-26(14-32-23)35-36-27(21)24-8-20-22(12-31-13-25(20)34-24)16-3-5-18(29)6-4-16/h3-15,34H,1-2H3,(H,33,37)(H,35,36). The number of benzene rings is 1. The Morgan fingerprint density at radius 1 is 0.892 bits per heavy atom. The quantitative estimate of drug-likeness (QED) is 0.275. The van der Waals surface area contributed by atoms with Crippen molar-refractivity contribution in [1.82, 2.24) is 30.1 Å². The number of H-pyrrole nitrogens is 2. The fraction of sp³-hybridized carbons (Fsp3) is 0.107.